The van der Waals surface area contributed by atoms with E-state index >= 15 is 0 Å². The molecule has 0 unspecified atom stereocenters. The average molecular weight is 469 g/mol. The summed E-state index contributed by atoms with van der Waals surface area (Å²) >= 11 is 0. The van der Waals surface area contributed by atoms with Crippen LogP contribution in [0.5, 0.6) is 5.75 Å². The van der Waals surface area contributed by atoms with Gasteiger partial charge >= 0.3 is 6.61 Å². The molecule has 1 heterocycles. The number of nitrogens with two attached hydrogens (primary N) is 1. The Balaban J connectivity index is 1.81. The molecular formula is C23H34F2N4O4. The molecule has 3 N–H and O–H groups in total. The zero-order valence-electron chi connectivity index (χ0n) is 19.5. The van der Waals surface area contributed by atoms with Gasteiger partial charge in [-0.3, -0.25) is 14.5 Å². The van der Waals surface area contributed by atoms with E-state index in [9.17, 15) is 18.4 Å². The molecule has 2 fully saturated rings. The van der Waals surface area contributed by atoms with Crippen molar-refractivity contribution in [2.45, 2.75) is 58.7 Å². The Labute approximate surface area is 193 Å². The SMILES string of the molecule is CC(C)(C)CN(C1CCC1)[C@@H](CN)C(=O)Nc1ccc(N2CCOCC2=O)c(OC(F)F)c1. The van der Waals surface area contributed by atoms with Gasteiger partial charge in [-0.05, 0) is 30.4 Å². The van der Waals surface area contributed by atoms with Crippen LogP contribution in [0.4, 0.5) is 20.2 Å². The minimum atomic E-state index is -3.08. The van der Waals surface area contributed by atoms with Crippen LogP contribution in [0.15, 0.2) is 18.2 Å². The molecule has 1 aliphatic carbocycles. The van der Waals surface area contributed by atoms with Gasteiger partial charge in [-0.2, -0.15) is 8.78 Å². The van der Waals surface area contributed by atoms with Crippen molar-refractivity contribution < 1.29 is 27.8 Å². The van der Waals surface area contributed by atoms with Crippen molar-refractivity contribution in [1.29, 1.82) is 0 Å². The molecule has 1 atom stereocenters. The highest BCUT2D eigenvalue weighted by molar-refractivity contribution is 5.98. The van der Waals surface area contributed by atoms with E-state index in [4.69, 9.17) is 10.5 Å². The topological polar surface area (TPSA) is 97.1 Å². The fourth-order valence-electron chi connectivity index (χ4n) is 4.16. The van der Waals surface area contributed by atoms with E-state index in [0.29, 0.717) is 24.9 Å². The summed E-state index contributed by atoms with van der Waals surface area (Å²) in [6.45, 7) is 4.50. The molecule has 1 saturated carbocycles. The van der Waals surface area contributed by atoms with Gasteiger partial charge in [-0.1, -0.05) is 27.2 Å². The van der Waals surface area contributed by atoms with Crippen LogP contribution in [0.1, 0.15) is 40.0 Å². The number of anilines is 2. The number of ether oxygens (including phenoxy) is 2. The van der Waals surface area contributed by atoms with Crippen molar-refractivity contribution in [2.75, 3.05) is 43.1 Å². The Morgan fingerprint density at radius 3 is 2.64 bits per heavy atom. The summed E-state index contributed by atoms with van der Waals surface area (Å²) in [7, 11) is 0. The first-order valence-corrected chi connectivity index (χ1v) is 11.3. The van der Waals surface area contributed by atoms with Gasteiger partial charge in [-0.25, -0.2) is 0 Å². The molecular weight excluding hydrogens is 434 g/mol. The Hall–Kier alpha value is -2.30. The highest BCUT2D eigenvalue weighted by Crippen LogP contribution is 2.34. The number of morpholine rings is 1. The molecule has 2 amide bonds. The fourth-order valence-corrected chi connectivity index (χ4v) is 4.16. The Kier molecular flexibility index (Phi) is 8.25. The number of nitrogens with one attached hydrogen (secondary N) is 1. The number of rotatable bonds is 9. The third-order valence-electron chi connectivity index (χ3n) is 5.85. The van der Waals surface area contributed by atoms with Gasteiger partial charge in [0.2, 0.25) is 5.91 Å². The monoisotopic (exact) mass is 468 g/mol. The molecule has 3 rings (SSSR count). The third-order valence-corrected chi connectivity index (χ3v) is 5.85. The first-order chi connectivity index (χ1) is 15.6. The smallest absolute Gasteiger partial charge is 0.387 e. The third kappa shape index (κ3) is 6.61. The summed E-state index contributed by atoms with van der Waals surface area (Å²) in [5.74, 6) is -0.835. The zero-order chi connectivity index (χ0) is 24.2. The molecule has 0 bridgehead atoms. The number of carbonyl (C=O) groups excluding carboxylic acids is 2. The summed E-state index contributed by atoms with van der Waals surface area (Å²) in [4.78, 5) is 28.9. The van der Waals surface area contributed by atoms with E-state index in [1.54, 1.807) is 6.07 Å². The minimum absolute atomic E-state index is 0.0199. The first-order valence-electron chi connectivity index (χ1n) is 11.3. The predicted octanol–water partition coefficient (Wildman–Crippen LogP) is 2.82. The molecule has 1 saturated heterocycles. The van der Waals surface area contributed by atoms with Crippen molar-refractivity contribution in [3.63, 3.8) is 0 Å². The number of benzene rings is 1. The summed E-state index contributed by atoms with van der Waals surface area (Å²) in [5, 5.41) is 2.80. The van der Waals surface area contributed by atoms with Crippen molar-refractivity contribution in [3.8, 4) is 5.75 Å². The van der Waals surface area contributed by atoms with Gasteiger partial charge in [0.15, 0.2) is 5.75 Å². The fraction of sp³-hybridized carbons (Fsp3) is 0.652. The maximum atomic E-state index is 13.2. The lowest BCUT2D eigenvalue weighted by Gasteiger charge is -2.44. The van der Waals surface area contributed by atoms with Gasteiger partial charge < -0.3 is 25.4 Å². The Morgan fingerprint density at radius 1 is 1.36 bits per heavy atom. The number of alkyl halides is 2. The summed E-state index contributed by atoms with van der Waals surface area (Å²) in [6.07, 6.45) is 3.17. The molecule has 0 spiro atoms. The lowest BCUT2D eigenvalue weighted by Crippen LogP contribution is -2.57. The number of hydrogen-bond acceptors (Lipinski definition) is 6. The zero-order valence-corrected chi connectivity index (χ0v) is 19.5. The molecule has 10 heteroatoms. The maximum Gasteiger partial charge on any atom is 0.387 e. The second-order valence-corrected chi connectivity index (χ2v) is 9.72. The van der Waals surface area contributed by atoms with Gasteiger partial charge in [0.25, 0.3) is 5.91 Å². The van der Waals surface area contributed by atoms with E-state index in [0.717, 1.165) is 19.3 Å². The number of amides is 2. The van der Waals surface area contributed by atoms with Crippen LogP contribution in [0.2, 0.25) is 0 Å². The van der Waals surface area contributed by atoms with Crippen LogP contribution in [0.3, 0.4) is 0 Å². The van der Waals surface area contributed by atoms with Crippen molar-refractivity contribution in [2.24, 2.45) is 11.1 Å². The molecule has 0 radical (unpaired) electrons. The van der Waals surface area contributed by atoms with Crippen LogP contribution in [0.25, 0.3) is 0 Å². The van der Waals surface area contributed by atoms with E-state index < -0.39 is 12.7 Å². The Morgan fingerprint density at radius 2 is 2.09 bits per heavy atom. The molecule has 0 aromatic heterocycles. The highest BCUT2D eigenvalue weighted by atomic mass is 19.3. The standard InChI is InChI=1S/C23H34F2N4O4/c1-23(2,3)14-29(16-5-4-6-16)18(12-26)21(31)27-15-7-8-17(19(11-15)33-22(24)25)28-9-10-32-13-20(28)30/h7-8,11,16,18,22H,4-6,9-10,12-14,26H2,1-3H3,(H,27,31)/t18-/m0/s1. The molecule has 1 aromatic carbocycles. The van der Waals surface area contributed by atoms with Crippen LogP contribution >= 0.6 is 0 Å². The van der Waals surface area contributed by atoms with Gasteiger partial charge in [0.05, 0.1) is 12.3 Å². The number of carbonyl (C=O) groups is 2. The second kappa shape index (κ2) is 10.8. The average Bonchev–Trinajstić information content (AvgIpc) is 2.66. The maximum absolute atomic E-state index is 13.2. The van der Waals surface area contributed by atoms with Crippen LogP contribution < -0.4 is 20.7 Å². The van der Waals surface area contributed by atoms with E-state index in [1.165, 1.54) is 17.0 Å². The first kappa shape index (κ1) is 25.3. The number of halogens is 2. The summed E-state index contributed by atoms with van der Waals surface area (Å²) < 4.78 is 35.9. The van der Waals surface area contributed by atoms with Crippen LogP contribution in [0, 0.1) is 5.41 Å². The quantitative estimate of drug-likeness (QED) is 0.579. The molecule has 1 aromatic rings. The Bertz CT molecular complexity index is 842. The summed E-state index contributed by atoms with van der Waals surface area (Å²) in [5.41, 5.74) is 6.50. The lowest BCUT2D eigenvalue weighted by atomic mass is 9.86. The van der Waals surface area contributed by atoms with E-state index in [-0.39, 0.29) is 48.4 Å². The normalized spacial score (nSPS) is 18.4. The van der Waals surface area contributed by atoms with Gasteiger partial charge in [-0.15, -0.1) is 0 Å². The van der Waals surface area contributed by atoms with E-state index in [2.05, 4.69) is 35.7 Å². The van der Waals surface area contributed by atoms with Crippen LogP contribution in [-0.2, 0) is 14.3 Å². The van der Waals surface area contributed by atoms with Crippen molar-refractivity contribution >= 4 is 23.2 Å². The molecule has 184 valence electrons. The van der Waals surface area contributed by atoms with E-state index in [1.807, 2.05) is 0 Å². The molecule has 8 nitrogen and oxygen atoms in total. The van der Waals surface area contributed by atoms with Gasteiger partial charge in [0.1, 0.15) is 12.6 Å². The molecule has 1 aliphatic heterocycles. The molecule has 33 heavy (non-hydrogen) atoms. The lowest BCUT2D eigenvalue weighted by molar-refractivity contribution is -0.126. The number of nitrogens with zero attached hydrogens (tertiary/aromatic N) is 2. The second-order valence-electron chi connectivity index (χ2n) is 9.72. The highest BCUT2D eigenvalue weighted by Gasteiger charge is 2.36. The number of hydrogen-bond donors (Lipinski definition) is 2. The summed E-state index contributed by atoms with van der Waals surface area (Å²) in [6, 6.07) is 4.13. The van der Waals surface area contributed by atoms with Crippen molar-refractivity contribution in [1.82, 2.24) is 4.90 Å². The predicted molar refractivity (Wildman–Crippen MR) is 122 cm³/mol. The minimum Gasteiger partial charge on any atom is -0.433 e. The molecule has 2 aliphatic rings. The van der Waals surface area contributed by atoms with Crippen LogP contribution in [-0.4, -0.2) is 68.3 Å². The van der Waals surface area contributed by atoms with Gasteiger partial charge in [0, 0.05) is 37.4 Å². The largest absolute Gasteiger partial charge is 0.433 e. The van der Waals surface area contributed by atoms with Crippen molar-refractivity contribution in [3.05, 3.63) is 18.2 Å².